The zero-order chi connectivity index (χ0) is 19.6. The lowest BCUT2D eigenvalue weighted by Gasteiger charge is -2.28. The second-order valence-corrected chi connectivity index (χ2v) is 10.4. The summed E-state index contributed by atoms with van der Waals surface area (Å²) in [5.74, 6) is 0.442. The van der Waals surface area contributed by atoms with Crippen molar-refractivity contribution in [2.24, 2.45) is 10.4 Å². The second-order valence-electron chi connectivity index (χ2n) is 7.86. The van der Waals surface area contributed by atoms with E-state index in [0.29, 0.717) is 24.1 Å². The largest absolute Gasteiger partial charge is 0.356 e. The number of aliphatic imine (C=N–C) groups is 1. The van der Waals surface area contributed by atoms with Gasteiger partial charge in [0, 0.05) is 42.2 Å². The summed E-state index contributed by atoms with van der Waals surface area (Å²) in [6.07, 6.45) is 3.08. The van der Waals surface area contributed by atoms with Crippen molar-refractivity contribution in [3.05, 3.63) is 34.6 Å². The number of sulfone groups is 1. The Morgan fingerprint density at radius 2 is 1.96 bits per heavy atom. The number of rotatable bonds is 7. The minimum atomic E-state index is -3.00. The van der Waals surface area contributed by atoms with Crippen LogP contribution in [0.5, 0.6) is 0 Å². The smallest absolute Gasteiger partial charge is 0.191 e. The van der Waals surface area contributed by atoms with Gasteiger partial charge in [-0.05, 0) is 30.5 Å². The SMILES string of the molecule is CN=C(NCC1(CS(C)(=O)=O)CC1)NCC(C)(C)c1ccc(F)cc1Cl.I. The van der Waals surface area contributed by atoms with E-state index in [0.717, 1.165) is 18.4 Å². The van der Waals surface area contributed by atoms with E-state index in [1.54, 1.807) is 13.1 Å². The Morgan fingerprint density at radius 1 is 1.33 bits per heavy atom. The van der Waals surface area contributed by atoms with E-state index in [1.807, 2.05) is 13.8 Å². The van der Waals surface area contributed by atoms with E-state index in [4.69, 9.17) is 11.6 Å². The average Bonchev–Trinajstić information content (AvgIpc) is 3.24. The van der Waals surface area contributed by atoms with Crippen LogP contribution >= 0.6 is 35.6 Å². The lowest BCUT2D eigenvalue weighted by Crippen LogP contribution is -2.45. The van der Waals surface area contributed by atoms with Gasteiger partial charge in [-0.2, -0.15) is 0 Å². The van der Waals surface area contributed by atoms with E-state index < -0.39 is 9.84 Å². The molecule has 0 amide bonds. The molecule has 1 fully saturated rings. The van der Waals surface area contributed by atoms with Crippen molar-refractivity contribution in [2.45, 2.75) is 32.1 Å². The molecule has 1 aromatic rings. The van der Waals surface area contributed by atoms with E-state index in [9.17, 15) is 12.8 Å². The van der Waals surface area contributed by atoms with Crippen LogP contribution in [0.4, 0.5) is 4.39 Å². The predicted molar refractivity (Wildman–Crippen MR) is 121 cm³/mol. The van der Waals surface area contributed by atoms with E-state index >= 15 is 0 Å². The Labute approximate surface area is 183 Å². The van der Waals surface area contributed by atoms with Gasteiger partial charge in [-0.25, -0.2) is 12.8 Å². The standard InChI is InChI=1S/C18H27ClFN3O2S.HI/c1-17(2,14-6-5-13(20)9-15(14)19)10-22-16(21-3)23-11-18(7-8-18)12-26(4,24)25;/h5-6,9H,7-8,10-12H2,1-4H3,(H2,21,22,23);1H. The molecule has 1 aromatic carbocycles. The summed E-state index contributed by atoms with van der Waals surface area (Å²) in [5, 5.41) is 6.87. The highest BCUT2D eigenvalue weighted by Gasteiger charge is 2.45. The molecule has 0 aromatic heterocycles. The molecule has 0 radical (unpaired) electrons. The number of hydrogen-bond donors (Lipinski definition) is 2. The summed E-state index contributed by atoms with van der Waals surface area (Å²) in [5.41, 5.74) is 0.326. The molecule has 0 aliphatic heterocycles. The van der Waals surface area contributed by atoms with Crippen LogP contribution in [0.3, 0.4) is 0 Å². The maximum Gasteiger partial charge on any atom is 0.191 e. The summed E-state index contributed by atoms with van der Waals surface area (Å²) >= 11 is 6.18. The third-order valence-electron chi connectivity index (χ3n) is 4.74. The molecule has 0 heterocycles. The van der Waals surface area contributed by atoms with Crippen LogP contribution in [0.2, 0.25) is 5.02 Å². The van der Waals surface area contributed by atoms with Gasteiger partial charge in [0.05, 0.1) is 5.75 Å². The van der Waals surface area contributed by atoms with Gasteiger partial charge in [0.25, 0.3) is 0 Å². The van der Waals surface area contributed by atoms with E-state index in [1.165, 1.54) is 18.4 Å². The first-order valence-electron chi connectivity index (χ1n) is 8.54. The van der Waals surface area contributed by atoms with Gasteiger partial charge in [-0.15, -0.1) is 24.0 Å². The fraction of sp³-hybridized carbons (Fsp3) is 0.611. The number of guanidine groups is 1. The van der Waals surface area contributed by atoms with Gasteiger partial charge in [-0.3, -0.25) is 4.99 Å². The number of benzene rings is 1. The average molecular weight is 532 g/mol. The zero-order valence-electron chi connectivity index (χ0n) is 16.1. The van der Waals surface area contributed by atoms with Gasteiger partial charge >= 0.3 is 0 Å². The predicted octanol–water partition coefficient (Wildman–Crippen LogP) is 3.36. The van der Waals surface area contributed by atoms with E-state index in [-0.39, 0.29) is 46.4 Å². The molecule has 9 heteroatoms. The molecule has 0 unspecified atom stereocenters. The third-order valence-corrected chi connectivity index (χ3v) is 6.19. The Hall–Kier alpha value is -0.610. The molecule has 5 nitrogen and oxygen atoms in total. The number of nitrogens with zero attached hydrogens (tertiary/aromatic N) is 1. The van der Waals surface area contributed by atoms with Crippen LogP contribution in [0.25, 0.3) is 0 Å². The van der Waals surface area contributed by atoms with Crippen molar-refractivity contribution < 1.29 is 12.8 Å². The van der Waals surface area contributed by atoms with Crippen molar-refractivity contribution in [3.8, 4) is 0 Å². The summed E-state index contributed by atoms with van der Waals surface area (Å²) in [6, 6.07) is 4.41. The third kappa shape index (κ3) is 7.38. The molecule has 2 N–H and O–H groups in total. The van der Waals surface area contributed by atoms with E-state index in [2.05, 4.69) is 15.6 Å². The quantitative estimate of drug-likeness (QED) is 0.322. The molecule has 0 bridgehead atoms. The Bertz CT molecular complexity index is 796. The van der Waals surface area contributed by atoms with Crippen LogP contribution in [0, 0.1) is 11.2 Å². The van der Waals surface area contributed by atoms with Gasteiger partial charge in [-0.1, -0.05) is 31.5 Å². The van der Waals surface area contributed by atoms with Crippen LogP contribution in [-0.2, 0) is 15.3 Å². The first kappa shape index (κ1) is 24.4. The fourth-order valence-corrected chi connectivity index (χ4v) is 4.96. The Kier molecular flexibility index (Phi) is 8.38. The molecule has 1 aliphatic rings. The minimum Gasteiger partial charge on any atom is -0.356 e. The fourth-order valence-electron chi connectivity index (χ4n) is 3.04. The highest BCUT2D eigenvalue weighted by Crippen LogP contribution is 2.46. The molecule has 0 atom stereocenters. The van der Waals surface area contributed by atoms with Crippen molar-refractivity contribution in [2.75, 3.05) is 32.1 Å². The van der Waals surface area contributed by atoms with Gasteiger partial charge in [0.2, 0.25) is 0 Å². The van der Waals surface area contributed by atoms with Crippen LogP contribution < -0.4 is 10.6 Å². The molecule has 154 valence electrons. The summed E-state index contributed by atoms with van der Waals surface area (Å²) in [4.78, 5) is 4.20. The minimum absolute atomic E-state index is 0. The number of halogens is 3. The molecule has 0 spiro atoms. The maximum atomic E-state index is 13.3. The maximum absolute atomic E-state index is 13.3. The Morgan fingerprint density at radius 3 is 2.44 bits per heavy atom. The summed E-state index contributed by atoms with van der Waals surface area (Å²) < 4.78 is 36.4. The van der Waals surface area contributed by atoms with Crippen LogP contribution in [0.1, 0.15) is 32.3 Å². The van der Waals surface area contributed by atoms with Gasteiger partial charge in [0.15, 0.2) is 5.96 Å². The van der Waals surface area contributed by atoms with Crippen LogP contribution in [0.15, 0.2) is 23.2 Å². The second kappa shape index (κ2) is 9.26. The number of hydrogen-bond acceptors (Lipinski definition) is 3. The normalized spacial score (nSPS) is 16.4. The highest BCUT2D eigenvalue weighted by atomic mass is 127. The van der Waals surface area contributed by atoms with Gasteiger partial charge in [0.1, 0.15) is 15.7 Å². The summed E-state index contributed by atoms with van der Waals surface area (Å²) in [7, 11) is -1.33. The zero-order valence-corrected chi connectivity index (χ0v) is 20.0. The molecule has 0 saturated heterocycles. The lowest BCUT2D eigenvalue weighted by molar-refractivity contribution is 0.497. The molecular formula is C18H28ClFIN3O2S. The molecular weight excluding hydrogens is 504 g/mol. The van der Waals surface area contributed by atoms with Crippen LogP contribution in [-0.4, -0.2) is 46.5 Å². The lowest BCUT2D eigenvalue weighted by atomic mass is 9.84. The molecule has 27 heavy (non-hydrogen) atoms. The first-order chi connectivity index (χ1) is 12.0. The van der Waals surface area contributed by atoms with Crippen molar-refractivity contribution in [1.29, 1.82) is 0 Å². The topological polar surface area (TPSA) is 70.6 Å². The monoisotopic (exact) mass is 531 g/mol. The summed E-state index contributed by atoms with van der Waals surface area (Å²) in [6.45, 7) is 5.13. The first-order valence-corrected chi connectivity index (χ1v) is 11.0. The van der Waals surface area contributed by atoms with Crippen molar-refractivity contribution >= 4 is 51.4 Å². The molecule has 2 rings (SSSR count). The molecule has 1 aliphatic carbocycles. The van der Waals surface area contributed by atoms with Crippen molar-refractivity contribution in [3.63, 3.8) is 0 Å². The van der Waals surface area contributed by atoms with Crippen molar-refractivity contribution in [1.82, 2.24) is 10.6 Å². The Balaban J connectivity index is 0.00000364. The van der Waals surface area contributed by atoms with Gasteiger partial charge < -0.3 is 10.6 Å². The molecule has 1 saturated carbocycles. The highest BCUT2D eigenvalue weighted by molar-refractivity contribution is 14.0. The number of nitrogens with one attached hydrogen (secondary N) is 2.